The first-order valence-electron chi connectivity index (χ1n) is 7.95. The first kappa shape index (κ1) is 17.9. The predicted molar refractivity (Wildman–Crippen MR) is 97.0 cm³/mol. The number of hydrogen-bond acceptors (Lipinski definition) is 5. The fourth-order valence-electron chi connectivity index (χ4n) is 2.72. The standard InChI is InChI=1S/C17H18Cl2N4O2/c18-13-2-1-11(7-14(13)19)10-25-12-3-5-23(6-4-12)16-9-21-8-15(22-16)17(20)24/h1-2,7-9,12H,3-6,10H2,(H2,20,24). The minimum atomic E-state index is -0.575. The molecule has 1 aliphatic rings. The van der Waals surface area contributed by atoms with Crippen molar-refractivity contribution >= 4 is 34.9 Å². The van der Waals surface area contributed by atoms with E-state index in [-0.39, 0.29) is 11.8 Å². The molecule has 1 aromatic carbocycles. The Morgan fingerprint density at radius 3 is 2.68 bits per heavy atom. The Morgan fingerprint density at radius 2 is 2.00 bits per heavy atom. The van der Waals surface area contributed by atoms with Crippen molar-refractivity contribution in [2.45, 2.75) is 25.6 Å². The van der Waals surface area contributed by atoms with Crippen molar-refractivity contribution in [2.24, 2.45) is 5.73 Å². The fraction of sp³-hybridized carbons (Fsp3) is 0.353. The maximum Gasteiger partial charge on any atom is 0.268 e. The molecule has 6 nitrogen and oxygen atoms in total. The molecule has 0 bridgehead atoms. The molecule has 132 valence electrons. The first-order chi connectivity index (χ1) is 12.0. The molecule has 3 rings (SSSR count). The van der Waals surface area contributed by atoms with E-state index in [0.29, 0.717) is 22.5 Å². The number of primary amides is 1. The average molecular weight is 381 g/mol. The fourth-order valence-corrected chi connectivity index (χ4v) is 3.04. The van der Waals surface area contributed by atoms with E-state index in [1.807, 2.05) is 12.1 Å². The summed E-state index contributed by atoms with van der Waals surface area (Å²) < 4.78 is 5.97. The van der Waals surface area contributed by atoms with Crippen LogP contribution in [-0.4, -0.2) is 35.1 Å². The lowest BCUT2D eigenvalue weighted by molar-refractivity contribution is 0.0250. The lowest BCUT2D eigenvalue weighted by Gasteiger charge is -2.32. The van der Waals surface area contributed by atoms with E-state index in [4.69, 9.17) is 33.7 Å². The summed E-state index contributed by atoms with van der Waals surface area (Å²) >= 11 is 11.9. The molecule has 25 heavy (non-hydrogen) atoms. The number of carbonyl (C=O) groups excluding carboxylic acids is 1. The third-order valence-electron chi connectivity index (χ3n) is 4.11. The number of hydrogen-bond donors (Lipinski definition) is 1. The van der Waals surface area contributed by atoms with Gasteiger partial charge in [0.05, 0.1) is 35.1 Å². The third kappa shape index (κ3) is 4.60. The normalized spacial score (nSPS) is 15.4. The monoisotopic (exact) mass is 380 g/mol. The van der Waals surface area contributed by atoms with Crippen LogP contribution in [0.1, 0.15) is 28.9 Å². The second-order valence-corrected chi connectivity index (χ2v) is 6.69. The molecule has 2 heterocycles. The van der Waals surface area contributed by atoms with Gasteiger partial charge in [0, 0.05) is 13.1 Å². The molecule has 1 aliphatic heterocycles. The summed E-state index contributed by atoms with van der Waals surface area (Å²) in [7, 11) is 0. The Bertz CT molecular complexity index is 764. The van der Waals surface area contributed by atoms with E-state index >= 15 is 0 Å². The summed E-state index contributed by atoms with van der Waals surface area (Å²) in [5.41, 5.74) is 6.42. The molecule has 0 spiro atoms. The molecule has 1 fully saturated rings. The Hall–Kier alpha value is -1.89. The summed E-state index contributed by atoms with van der Waals surface area (Å²) in [4.78, 5) is 21.6. The summed E-state index contributed by atoms with van der Waals surface area (Å²) in [5, 5.41) is 1.07. The largest absolute Gasteiger partial charge is 0.373 e. The Morgan fingerprint density at radius 1 is 1.24 bits per heavy atom. The molecule has 1 saturated heterocycles. The minimum Gasteiger partial charge on any atom is -0.373 e. The molecule has 2 N–H and O–H groups in total. The lowest BCUT2D eigenvalue weighted by atomic mass is 10.1. The van der Waals surface area contributed by atoms with E-state index in [9.17, 15) is 4.79 Å². The Balaban J connectivity index is 1.52. The number of rotatable bonds is 5. The quantitative estimate of drug-likeness (QED) is 0.861. The number of ether oxygens (including phenoxy) is 1. The highest BCUT2D eigenvalue weighted by molar-refractivity contribution is 6.42. The number of benzene rings is 1. The van der Waals surface area contributed by atoms with Crippen molar-refractivity contribution in [3.8, 4) is 0 Å². The molecule has 2 aromatic rings. The molecule has 8 heteroatoms. The van der Waals surface area contributed by atoms with Crippen LogP contribution in [0.5, 0.6) is 0 Å². The topological polar surface area (TPSA) is 81.3 Å². The van der Waals surface area contributed by atoms with Gasteiger partial charge >= 0.3 is 0 Å². The van der Waals surface area contributed by atoms with Crippen molar-refractivity contribution < 1.29 is 9.53 Å². The van der Waals surface area contributed by atoms with Crippen molar-refractivity contribution in [2.75, 3.05) is 18.0 Å². The number of halogens is 2. The third-order valence-corrected chi connectivity index (χ3v) is 4.85. The average Bonchev–Trinajstić information content (AvgIpc) is 2.63. The van der Waals surface area contributed by atoms with Gasteiger partial charge in [0.1, 0.15) is 11.5 Å². The van der Waals surface area contributed by atoms with Gasteiger partial charge in [-0.2, -0.15) is 0 Å². The second kappa shape index (κ2) is 7.99. The van der Waals surface area contributed by atoms with E-state index in [1.54, 1.807) is 12.3 Å². The van der Waals surface area contributed by atoms with Crippen LogP contribution in [0.25, 0.3) is 0 Å². The SMILES string of the molecule is NC(=O)c1cncc(N2CCC(OCc3ccc(Cl)c(Cl)c3)CC2)n1. The van der Waals surface area contributed by atoms with Crippen LogP contribution in [0.15, 0.2) is 30.6 Å². The number of piperidine rings is 1. The summed E-state index contributed by atoms with van der Waals surface area (Å²) in [6.45, 7) is 2.06. The van der Waals surface area contributed by atoms with E-state index in [2.05, 4.69) is 14.9 Å². The van der Waals surface area contributed by atoms with E-state index in [1.165, 1.54) is 6.20 Å². The first-order valence-corrected chi connectivity index (χ1v) is 8.71. The van der Waals surface area contributed by atoms with Crippen LogP contribution >= 0.6 is 23.2 Å². The molecule has 0 unspecified atom stereocenters. The van der Waals surface area contributed by atoms with Crippen LogP contribution < -0.4 is 10.6 Å². The van der Waals surface area contributed by atoms with Crippen molar-refractivity contribution in [3.05, 3.63) is 51.9 Å². The highest BCUT2D eigenvalue weighted by Crippen LogP contribution is 2.24. The highest BCUT2D eigenvalue weighted by atomic mass is 35.5. The van der Waals surface area contributed by atoms with Crippen molar-refractivity contribution in [1.29, 1.82) is 0 Å². The van der Waals surface area contributed by atoms with Gasteiger partial charge in [-0.15, -0.1) is 0 Å². The second-order valence-electron chi connectivity index (χ2n) is 5.87. The molecule has 0 atom stereocenters. The maximum atomic E-state index is 11.2. The lowest BCUT2D eigenvalue weighted by Crippen LogP contribution is -2.37. The number of anilines is 1. The minimum absolute atomic E-state index is 0.165. The predicted octanol–water partition coefficient (Wildman–Crippen LogP) is 3.07. The van der Waals surface area contributed by atoms with E-state index < -0.39 is 5.91 Å². The number of carbonyl (C=O) groups is 1. The zero-order chi connectivity index (χ0) is 17.8. The van der Waals surface area contributed by atoms with Crippen molar-refractivity contribution in [3.63, 3.8) is 0 Å². The van der Waals surface area contributed by atoms with Crippen LogP contribution in [0.4, 0.5) is 5.82 Å². The molecule has 0 radical (unpaired) electrons. The Kier molecular flexibility index (Phi) is 5.73. The van der Waals surface area contributed by atoms with Gasteiger partial charge in [-0.25, -0.2) is 4.98 Å². The number of aromatic nitrogens is 2. The van der Waals surface area contributed by atoms with Crippen LogP contribution in [0.3, 0.4) is 0 Å². The van der Waals surface area contributed by atoms with Crippen molar-refractivity contribution in [1.82, 2.24) is 9.97 Å². The van der Waals surface area contributed by atoms with Gasteiger partial charge < -0.3 is 15.4 Å². The summed E-state index contributed by atoms with van der Waals surface area (Å²) in [6, 6.07) is 5.51. The van der Waals surface area contributed by atoms with Gasteiger partial charge in [-0.05, 0) is 30.5 Å². The maximum absolute atomic E-state index is 11.2. The smallest absolute Gasteiger partial charge is 0.268 e. The molecule has 1 aromatic heterocycles. The summed E-state index contributed by atoms with van der Waals surface area (Å²) in [5.74, 6) is 0.0911. The Labute approximate surface area is 155 Å². The number of nitrogens with zero attached hydrogens (tertiary/aromatic N) is 3. The molecular weight excluding hydrogens is 363 g/mol. The molecule has 0 saturated carbocycles. The molecule has 1 amide bonds. The van der Waals surface area contributed by atoms with Gasteiger partial charge in [-0.1, -0.05) is 29.3 Å². The van der Waals surface area contributed by atoms with Crippen LogP contribution in [0.2, 0.25) is 10.0 Å². The van der Waals surface area contributed by atoms with Gasteiger partial charge in [0.2, 0.25) is 0 Å². The van der Waals surface area contributed by atoms with Crippen LogP contribution in [0, 0.1) is 0 Å². The van der Waals surface area contributed by atoms with Crippen LogP contribution in [-0.2, 0) is 11.3 Å². The van der Waals surface area contributed by atoms with Gasteiger partial charge in [-0.3, -0.25) is 9.78 Å². The zero-order valence-corrected chi connectivity index (χ0v) is 15.0. The van der Waals surface area contributed by atoms with Gasteiger partial charge in [0.15, 0.2) is 0 Å². The van der Waals surface area contributed by atoms with E-state index in [0.717, 1.165) is 31.5 Å². The molecule has 0 aliphatic carbocycles. The molecular formula is C17H18Cl2N4O2. The highest BCUT2D eigenvalue weighted by Gasteiger charge is 2.21. The zero-order valence-electron chi connectivity index (χ0n) is 13.5. The summed E-state index contributed by atoms with van der Waals surface area (Å²) in [6.07, 6.45) is 4.91. The van der Waals surface area contributed by atoms with Gasteiger partial charge in [0.25, 0.3) is 5.91 Å². The number of amides is 1. The number of nitrogens with two attached hydrogens (primary N) is 1.